The quantitative estimate of drug-likeness (QED) is 0.650. The van der Waals surface area contributed by atoms with Gasteiger partial charge in [-0.1, -0.05) is 11.6 Å². The van der Waals surface area contributed by atoms with Crippen LogP contribution in [0.2, 0.25) is 5.02 Å². The summed E-state index contributed by atoms with van der Waals surface area (Å²) in [4.78, 5) is 29.8. The molecule has 158 valence electrons. The number of carbonyl (C=O) groups is 1. The Hall–Kier alpha value is -2.64. The van der Waals surface area contributed by atoms with E-state index in [0.717, 1.165) is 32.5 Å². The molecule has 4 rings (SSSR count). The predicted molar refractivity (Wildman–Crippen MR) is 116 cm³/mol. The minimum atomic E-state index is -0.349. The molecule has 0 saturated carbocycles. The summed E-state index contributed by atoms with van der Waals surface area (Å²) in [6.45, 7) is 4.32. The van der Waals surface area contributed by atoms with E-state index >= 15 is 0 Å². The molecule has 0 radical (unpaired) electrons. The molecule has 0 bridgehead atoms. The second-order valence-electron chi connectivity index (χ2n) is 7.87. The van der Waals surface area contributed by atoms with Crippen LogP contribution in [-0.4, -0.2) is 46.0 Å². The summed E-state index contributed by atoms with van der Waals surface area (Å²) < 4.78 is 15.3. The zero-order valence-corrected chi connectivity index (χ0v) is 17.5. The molecule has 1 aliphatic heterocycles. The van der Waals surface area contributed by atoms with Crippen molar-refractivity contribution < 1.29 is 9.18 Å². The highest BCUT2D eigenvalue weighted by molar-refractivity contribution is 6.30. The first-order valence-corrected chi connectivity index (χ1v) is 10.5. The second-order valence-corrected chi connectivity index (χ2v) is 8.31. The van der Waals surface area contributed by atoms with Gasteiger partial charge in [0.25, 0.3) is 5.91 Å². The molecule has 1 amide bonds. The highest BCUT2D eigenvalue weighted by Crippen LogP contribution is 2.25. The van der Waals surface area contributed by atoms with Crippen LogP contribution in [0.3, 0.4) is 0 Å². The van der Waals surface area contributed by atoms with E-state index in [0.29, 0.717) is 21.6 Å². The third-order valence-corrected chi connectivity index (χ3v) is 5.87. The van der Waals surface area contributed by atoms with E-state index in [1.807, 2.05) is 6.92 Å². The van der Waals surface area contributed by atoms with Crippen LogP contribution in [-0.2, 0) is 0 Å². The molecule has 1 atom stereocenters. The highest BCUT2D eigenvalue weighted by Gasteiger charge is 2.25. The zero-order chi connectivity index (χ0) is 21.3. The number of amides is 1. The topological polar surface area (TPSA) is 70.1 Å². The van der Waals surface area contributed by atoms with Gasteiger partial charge in [-0.15, -0.1) is 0 Å². The van der Waals surface area contributed by atoms with E-state index in [4.69, 9.17) is 11.6 Å². The number of nitrogens with zero attached hydrogens (tertiary/aromatic N) is 2. The van der Waals surface area contributed by atoms with Crippen LogP contribution in [0.25, 0.3) is 11.0 Å². The van der Waals surface area contributed by atoms with E-state index in [9.17, 15) is 14.0 Å². The van der Waals surface area contributed by atoms with Crippen molar-refractivity contribution in [2.75, 3.05) is 19.6 Å². The third kappa shape index (κ3) is 4.42. The lowest BCUT2D eigenvalue weighted by atomic mass is 10.0. The summed E-state index contributed by atoms with van der Waals surface area (Å²) in [5.41, 5.74) is 1.65. The molecule has 0 spiro atoms. The number of aromatic nitrogens is 2. The Morgan fingerprint density at radius 3 is 2.63 bits per heavy atom. The van der Waals surface area contributed by atoms with Crippen molar-refractivity contribution in [2.24, 2.45) is 0 Å². The molecule has 6 nitrogen and oxygen atoms in total. The molecule has 2 aromatic carbocycles. The van der Waals surface area contributed by atoms with Crippen LogP contribution in [0.5, 0.6) is 0 Å². The van der Waals surface area contributed by atoms with Gasteiger partial charge in [0, 0.05) is 42.3 Å². The maximum atomic E-state index is 13.7. The van der Waals surface area contributed by atoms with Crippen molar-refractivity contribution in [2.45, 2.75) is 31.8 Å². The first-order valence-electron chi connectivity index (χ1n) is 10.1. The molecule has 1 aromatic heterocycles. The number of hydrogen-bond donors (Lipinski definition) is 2. The highest BCUT2D eigenvalue weighted by atomic mass is 35.5. The fourth-order valence-corrected chi connectivity index (χ4v) is 4.28. The Kier molecular flexibility index (Phi) is 5.92. The molecule has 2 N–H and O–H groups in total. The minimum Gasteiger partial charge on any atom is -0.348 e. The van der Waals surface area contributed by atoms with Crippen molar-refractivity contribution in [1.29, 1.82) is 0 Å². The van der Waals surface area contributed by atoms with Gasteiger partial charge in [0.1, 0.15) is 5.82 Å². The molecule has 1 aliphatic rings. The maximum Gasteiger partial charge on any atom is 0.326 e. The average molecular weight is 431 g/mol. The number of aromatic amines is 1. The van der Waals surface area contributed by atoms with Gasteiger partial charge >= 0.3 is 5.69 Å². The third-order valence-electron chi connectivity index (χ3n) is 5.62. The predicted octanol–water partition coefficient (Wildman–Crippen LogP) is 3.58. The van der Waals surface area contributed by atoms with Gasteiger partial charge in [0.15, 0.2) is 0 Å². The minimum absolute atomic E-state index is 0.0189. The van der Waals surface area contributed by atoms with Gasteiger partial charge in [-0.3, -0.25) is 9.36 Å². The molecule has 1 saturated heterocycles. The second kappa shape index (κ2) is 8.62. The molecular formula is C22H24ClFN4O2. The van der Waals surface area contributed by atoms with Crippen LogP contribution in [0.1, 0.15) is 36.2 Å². The number of imidazole rings is 1. The van der Waals surface area contributed by atoms with Crippen LogP contribution in [0.15, 0.2) is 47.3 Å². The average Bonchev–Trinajstić information content (AvgIpc) is 3.04. The van der Waals surface area contributed by atoms with Gasteiger partial charge in [-0.25, -0.2) is 9.18 Å². The van der Waals surface area contributed by atoms with Crippen molar-refractivity contribution in [3.8, 4) is 0 Å². The SMILES string of the molecule is C[C@@H](CN1CCC(n2c(=O)[nH]c3ccc(F)cc32)CC1)NC(=O)c1ccc(Cl)cc1. The summed E-state index contributed by atoms with van der Waals surface area (Å²) in [6, 6.07) is 11.2. The van der Waals surface area contributed by atoms with E-state index < -0.39 is 0 Å². The first-order chi connectivity index (χ1) is 14.4. The Morgan fingerprint density at radius 2 is 1.93 bits per heavy atom. The van der Waals surface area contributed by atoms with Crippen LogP contribution in [0.4, 0.5) is 4.39 Å². The standard InChI is InChI=1S/C22H24ClFN4O2/c1-14(25-21(29)15-2-4-16(23)5-3-15)13-27-10-8-18(9-11-27)28-20-12-17(24)6-7-19(20)26-22(28)30/h2-7,12,14,18H,8-11,13H2,1H3,(H,25,29)(H,26,30)/t14-/m0/s1. The molecule has 30 heavy (non-hydrogen) atoms. The molecule has 1 fully saturated rings. The van der Waals surface area contributed by atoms with E-state index in [-0.39, 0.29) is 29.5 Å². The number of rotatable bonds is 5. The summed E-state index contributed by atoms with van der Waals surface area (Å²) in [5, 5.41) is 3.61. The van der Waals surface area contributed by atoms with Crippen LogP contribution < -0.4 is 11.0 Å². The lowest BCUT2D eigenvalue weighted by Gasteiger charge is -2.34. The summed E-state index contributed by atoms with van der Waals surface area (Å²) >= 11 is 5.87. The smallest absolute Gasteiger partial charge is 0.326 e. The van der Waals surface area contributed by atoms with Crippen LogP contribution >= 0.6 is 11.6 Å². The number of nitrogens with one attached hydrogen (secondary N) is 2. The van der Waals surface area contributed by atoms with Crippen molar-refractivity contribution in [3.05, 3.63) is 69.4 Å². The molecule has 0 aliphatic carbocycles. The molecular weight excluding hydrogens is 407 g/mol. The van der Waals surface area contributed by atoms with Crippen LogP contribution in [0, 0.1) is 5.82 Å². The van der Waals surface area contributed by atoms with Crippen molar-refractivity contribution in [3.63, 3.8) is 0 Å². The van der Waals surface area contributed by atoms with Gasteiger partial charge in [0.05, 0.1) is 11.0 Å². The number of fused-ring (bicyclic) bond motifs is 1. The zero-order valence-electron chi connectivity index (χ0n) is 16.7. The normalized spacial score (nSPS) is 16.6. The summed E-state index contributed by atoms with van der Waals surface area (Å²) in [7, 11) is 0. The van der Waals surface area contributed by atoms with Crippen molar-refractivity contribution >= 4 is 28.5 Å². The largest absolute Gasteiger partial charge is 0.348 e. The number of benzene rings is 2. The Bertz CT molecular complexity index is 1100. The van der Waals surface area contributed by atoms with Gasteiger partial charge in [-0.2, -0.15) is 0 Å². The number of halogens is 2. The maximum absolute atomic E-state index is 13.7. The van der Waals surface area contributed by atoms with Gasteiger partial charge < -0.3 is 15.2 Å². The van der Waals surface area contributed by atoms with E-state index in [1.54, 1.807) is 34.9 Å². The van der Waals surface area contributed by atoms with E-state index in [2.05, 4.69) is 15.2 Å². The van der Waals surface area contributed by atoms with Crippen molar-refractivity contribution in [1.82, 2.24) is 19.8 Å². The monoisotopic (exact) mass is 430 g/mol. The fourth-order valence-electron chi connectivity index (χ4n) is 4.16. The summed E-state index contributed by atoms with van der Waals surface area (Å²) in [6.07, 6.45) is 1.59. The van der Waals surface area contributed by atoms with E-state index in [1.165, 1.54) is 12.1 Å². The number of hydrogen-bond acceptors (Lipinski definition) is 3. The number of piperidine rings is 1. The number of carbonyl (C=O) groups excluding carboxylic acids is 1. The first kappa shape index (κ1) is 20.6. The Balaban J connectivity index is 1.34. The van der Waals surface area contributed by atoms with Gasteiger partial charge in [-0.05, 0) is 62.2 Å². The molecule has 8 heteroatoms. The number of H-pyrrole nitrogens is 1. The lowest BCUT2D eigenvalue weighted by Crippen LogP contribution is -2.45. The molecule has 3 aromatic rings. The lowest BCUT2D eigenvalue weighted by molar-refractivity contribution is 0.0921. The Morgan fingerprint density at radius 1 is 1.23 bits per heavy atom. The number of likely N-dealkylation sites (tertiary alicyclic amines) is 1. The molecule has 2 heterocycles. The Labute approximate surface area is 178 Å². The molecule has 0 unspecified atom stereocenters. The summed E-state index contributed by atoms with van der Waals surface area (Å²) in [5.74, 6) is -0.473. The van der Waals surface area contributed by atoms with Gasteiger partial charge in [0.2, 0.25) is 0 Å². The fraction of sp³-hybridized carbons (Fsp3) is 0.364.